The predicted molar refractivity (Wildman–Crippen MR) is 417 cm³/mol. The minimum Gasteiger partial charge on any atom is -0.393 e. The van der Waals surface area contributed by atoms with Crippen molar-refractivity contribution < 1.29 is 53.4 Å². The summed E-state index contributed by atoms with van der Waals surface area (Å²) in [6, 6.07) is 0. The molecule has 24 N–H and O–H groups in total. The van der Waals surface area contributed by atoms with Gasteiger partial charge in [0.1, 0.15) is 5.60 Å². The Morgan fingerprint density at radius 2 is 0.850 bits per heavy atom. The SMILES string of the molecule is CCN(CCCCCCN=C(N)N)C(=O)CN(CCCCCCN=C(N)N)C(=O)CN(CCCCCCN=C(N)N)C(=O)CN(CCCCCCN=C(N)N)C(=O)CN(CCCCCCN=C(N)N)C(=O)CCCCCNC(=O)C(=O)NCC(=O)C1(O)CCC2C3CCC4=CC(=O)C=CC4(C)C3C(O)CC21C. The molecule has 7 amide bonds. The molecule has 0 aliphatic heterocycles. The molecule has 0 saturated heterocycles. The van der Waals surface area contributed by atoms with Gasteiger partial charge in [-0.15, -0.1) is 0 Å². The molecule has 33 nitrogen and oxygen atoms in total. The Morgan fingerprint density at radius 3 is 1.25 bits per heavy atom. The lowest BCUT2D eigenvalue weighted by Gasteiger charge is -2.59. The molecule has 7 atom stereocenters. The third-order valence-corrected chi connectivity index (χ3v) is 21.7. The fraction of sp³-hybridized carbons (Fsp3) is 0.757. The summed E-state index contributed by atoms with van der Waals surface area (Å²) in [4.78, 5) is 154. The van der Waals surface area contributed by atoms with Crippen LogP contribution in [0.15, 0.2) is 48.8 Å². The number of likely N-dealkylation sites (N-methyl/N-ethyl adjacent to an activating group) is 1. The summed E-state index contributed by atoms with van der Waals surface area (Å²) in [6.07, 6.45) is 21.4. The third kappa shape index (κ3) is 31.2. The van der Waals surface area contributed by atoms with E-state index >= 15 is 4.79 Å². The molecule has 0 heterocycles. The van der Waals surface area contributed by atoms with Crippen molar-refractivity contribution in [1.82, 2.24) is 35.1 Å². The summed E-state index contributed by atoms with van der Waals surface area (Å²) in [5.41, 5.74) is 53.0. The maximum absolute atomic E-state index is 15.0. The van der Waals surface area contributed by atoms with Gasteiger partial charge in [0.2, 0.25) is 29.5 Å². The van der Waals surface area contributed by atoms with Crippen molar-refractivity contribution in [2.45, 2.75) is 219 Å². The lowest BCUT2D eigenvalue weighted by Crippen LogP contribution is -2.62. The molecule has 0 aromatic heterocycles. The summed E-state index contributed by atoms with van der Waals surface area (Å²) in [5, 5.41) is 29.0. The molecule has 4 aliphatic rings. The second-order valence-corrected chi connectivity index (χ2v) is 29.6. The summed E-state index contributed by atoms with van der Waals surface area (Å²) < 4.78 is 0. The van der Waals surface area contributed by atoms with Gasteiger partial charge < -0.3 is 103 Å². The van der Waals surface area contributed by atoms with Crippen molar-refractivity contribution in [3.8, 4) is 0 Å². The van der Waals surface area contributed by atoms with Crippen LogP contribution in [-0.2, 0) is 43.2 Å². The van der Waals surface area contributed by atoms with E-state index in [1.165, 1.54) is 19.6 Å². The van der Waals surface area contributed by atoms with Gasteiger partial charge in [-0.1, -0.05) is 96.1 Å². The van der Waals surface area contributed by atoms with Crippen LogP contribution in [0.3, 0.4) is 0 Å². The van der Waals surface area contributed by atoms with Crippen LogP contribution in [-0.4, -0.2) is 240 Å². The number of amides is 7. The molecule has 0 spiro atoms. The molecule has 33 heteroatoms. The van der Waals surface area contributed by atoms with E-state index in [9.17, 15) is 48.6 Å². The largest absolute Gasteiger partial charge is 0.393 e. The standard InChI is InChI=1S/C74H132N22O11/c1-4-92(41-23-10-5-17-36-86-67(75)76)60(101)49-94(43-25-12-7-19-38-88-69(79)80)62(103)51-96(45-27-14-9-21-40-90-71(83)84)63(104)52-95(44-26-13-8-20-39-89-70(81)82)61(102)50-93(42-24-11-6-18-37-87-68(77)78)59(100)28-16-15-22-35-85-65(105)66(106)91-48-58(99)74(107)34-32-56-55-30-29-53-46-54(97)31-33-72(53,2)64(55)57(98)47-73(56,74)3/h31,33,46,55-57,64,98,107H,4-30,32,34-45,47-52H2,1-3H3,(H,85,105)(H,91,106)(H4,75,76,86)(H4,77,78,87)(H4,79,80,88)(H4,81,82,89)(H4,83,84,90). The Balaban J connectivity index is 1.48. The quantitative estimate of drug-likeness (QED) is 0.0172. The molecule has 4 rings (SSSR count). The average molecular weight is 1510 g/mol. The van der Waals surface area contributed by atoms with Gasteiger partial charge in [-0.3, -0.25) is 68.1 Å². The number of hydrogen-bond donors (Lipinski definition) is 14. The minimum atomic E-state index is -1.86. The van der Waals surface area contributed by atoms with Crippen LogP contribution < -0.4 is 68.0 Å². The number of carbonyl (C=O) groups is 9. The molecule has 0 bridgehead atoms. The number of Topliss-reactive ketones (excluding diaryl/α,β-unsaturated/α-hetero) is 1. The van der Waals surface area contributed by atoms with E-state index in [1.807, 2.05) is 26.8 Å². The van der Waals surface area contributed by atoms with Crippen LogP contribution in [0, 0.1) is 28.6 Å². The van der Waals surface area contributed by atoms with E-state index in [2.05, 4.69) is 35.6 Å². The number of allylic oxidation sites excluding steroid dienone is 4. The fourth-order valence-corrected chi connectivity index (χ4v) is 15.8. The first-order valence-corrected chi connectivity index (χ1v) is 39.1. The zero-order valence-electron chi connectivity index (χ0n) is 64.4. The van der Waals surface area contributed by atoms with E-state index in [0.717, 1.165) is 50.5 Å². The van der Waals surface area contributed by atoms with Crippen LogP contribution >= 0.6 is 0 Å². The first kappa shape index (κ1) is 90.8. The van der Waals surface area contributed by atoms with Gasteiger partial charge in [0.15, 0.2) is 41.4 Å². The molecule has 0 aromatic carbocycles. The number of nitrogens with one attached hydrogen (secondary N) is 2. The van der Waals surface area contributed by atoms with E-state index in [1.54, 1.807) is 17.1 Å². The number of guanidine groups is 5. The van der Waals surface area contributed by atoms with Gasteiger partial charge in [0.05, 0.1) is 38.8 Å². The lowest BCUT2D eigenvalue weighted by molar-refractivity contribution is -0.176. The normalized spacial score (nSPS) is 20.3. The molecule has 0 aromatic rings. The Kier molecular flexibility index (Phi) is 40.7. The van der Waals surface area contributed by atoms with Crippen molar-refractivity contribution >= 4 is 82.7 Å². The molecule has 0 radical (unpaired) electrons. The topological polar surface area (TPSA) is 556 Å². The van der Waals surface area contributed by atoms with Gasteiger partial charge in [-0.05, 0) is 140 Å². The summed E-state index contributed by atoms with van der Waals surface area (Å²) in [6.45, 7) is 7.82. The van der Waals surface area contributed by atoms with Crippen LogP contribution in [0.2, 0.25) is 0 Å². The highest BCUT2D eigenvalue weighted by atomic mass is 16.3. The van der Waals surface area contributed by atoms with Crippen LogP contribution in [0.1, 0.15) is 207 Å². The molecule has 604 valence electrons. The molecular formula is C74H132N22O11. The van der Waals surface area contributed by atoms with E-state index in [0.29, 0.717) is 168 Å². The number of carbonyl (C=O) groups excluding carboxylic acids is 9. The Labute approximate surface area is 633 Å². The van der Waals surface area contributed by atoms with Crippen molar-refractivity contribution in [1.29, 1.82) is 0 Å². The van der Waals surface area contributed by atoms with E-state index in [-0.39, 0.29) is 137 Å². The zero-order valence-corrected chi connectivity index (χ0v) is 64.4. The van der Waals surface area contributed by atoms with Gasteiger partial charge in [-0.25, -0.2) is 0 Å². The smallest absolute Gasteiger partial charge is 0.309 e. The van der Waals surface area contributed by atoms with Gasteiger partial charge in [-0.2, -0.15) is 0 Å². The zero-order chi connectivity index (χ0) is 79.0. The van der Waals surface area contributed by atoms with Gasteiger partial charge in [0.25, 0.3) is 0 Å². The second kappa shape index (κ2) is 47.9. The van der Waals surface area contributed by atoms with Crippen molar-refractivity contribution in [3.05, 3.63) is 23.8 Å². The van der Waals surface area contributed by atoms with Crippen LogP contribution in [0.5, 0.6) is 0 Å². The van der Waals surface area contributed by atoms with Crippen molar-refractivity contribution in [2.24, 2.45) is 111 Å². The number of aliphatic imine (C=N–C) groups is 5. The number of aliphatic hydroxyl groups excluding tert-OH is 1. The Morgan fingerprint density at radius 1 is 0.486 bits per heavy atom. The van der Waals surface area contributed by atoms with Gasteiger partial charge in [0, 0.05) is 102 Å². The number of rotatable bonds is 53. The molecule has 7 unspecified atom stereocenters. The Hall–Kier alpha value is -8.62. The maximum Gasteiger partial charge on any atom is 0.309 e. The van der Waals surface area contributed by atoms with Crippen molar-refractivity contribution in [2.75, 3.05) is 111 Å². The summed E-state index contributed by atoms with van der Waals surface area (Å²) in [7, 11) is 0. The summed E-state index contributed by atoms with van der Waals surface area (Å²) in [5.74, 6) is -4.99. The highest BCUT2D eigenvalue weighted by Gasteiger charge is 2.68. The minimum absolute atomic E-state index is 0.00176. The molecule has 3 fully saturated rings. The third-order valence-electron chi connectivity index (χ3n) is 21.7. The molecule has 107 heavy (non-hydrogen) atoms. The molecule has 3 saturated carbocycles. The second-order valence-electron chi connectivity index (χ2n) is 29.6. The maximum atomic E-state index is 15.0. The monoisotopic (exact) mass is 1510 g/mol. The predicted octanol–water partition coefficient (Wildman–Crippen LogP) is 0.690. The molecule has 4 aliphatic carbocycles. The number of nitrogens with two attached hydrogens (primary N) is 10. The number of hydrogen-bond acceptors (Lipinski definition) is 16. The fourth-order valence-electron chi connectivity index (χ4n) is 15.8. The average Bonchev–Trinajstić information content (AvgIpc) is 1.62. The lowest BCUT2D eigenvalue weighted by atomic mass is 9.46. The molecular weight excluding hydrogens is 1370 g/mol. The summed E-state index contributed by atoms with van der Waals surface area (Å²) >= 11 is 0. The van der Waals surface area contributed by atoms with Crippen LogP contribution in [0.4, 0.5) is 0 Å². The van der Waals surface area contributed by atoms with E-state index in [4.69, 9.17) is 57.3 Å². The number of ketones is 2. The Bertz CT molecular complexity index is 3090. The van der Waals surface area contributed by atoms with E-state index < -0.39 is 70.9 Å². The highest BCUT2D eigenvalue weighted by Crippen LogP contribution is 2.67. The number of unbranched alkanes of at least 4 members (excludes halogenated alkanes) is 17. The number of fused-ring (bicyclic) bond motifs is 5. The first-order chi connectivity index (χ1) is 51.0. The van der Waals surface area contributed by atoms with Crippen LogP contribution in [0.25, 0.3) is 0 Å². The first-order valence-electron chi connectivity index (χ1n) is 39.1. The highest BCUT2D eigenvalue weighted by molar-refractivity contribution is 6.35. The number of nitrogens with zero attached hydrogens (tertiary/aromatic N) is 10. The van der Waals surface area contributed by atoms with Crippen molar-refractivity contribution in [3.63, 3.8) is 0 Å². The van der Waals surface area contributed by atoms with Gasteiger partial charge >= 0.3 is 11.8 Å². The number of aliphatic hydroxyl groups is 2.